The monoisotopic (exact) mass is 365 g/mol. The number of benzene rings is 3. The molecule has 0 fully saturated rings. The number of carbonyl (C=O) groups is 1. The number of anilines is 1. The third-order valence-electron chi connectivity index (χ3n) is 4.26. The summed E-state index contributed by atoms with van der Waals surface area (Å²) in [7, 11) is 1.56. The Hall–Kier alpha value is -3.21. The summed E-state index contributed by atoms with van der Waals surface area (Å²) in [5.74, 6) is 0.422. The molecule has 3 aromatic rings. The van der Waals surface area contributed by atoms with Crippen molar-refractivity contribution in [1.82, 2.24) is 0 Å². The van der Waals surface area contributed by atoms with Gasteiger partial charge in [0.1, 0.15) is 11.5 Å². The Labute approximate surface area is 158 Å². The van der Waals surface area contributed by atoms with E-state index in [2.05, 4.69) is 17.4 Å². The van der Waals surface area contributed by atoms with Crippen LogP contribution in [0.1, 0.15) is 29.8 Å². The van der Waals surface area contributed by atoms with Crippen molar-refractivity contribution in [2.75, 3.05) is 12.4 Å². The minimum Gasteiger partial charge on any atom is -0.495 e. The van der Waals surface area contributed by atoms with E-state index >= 15 is 0 Å². The van der Waals surface area contributed by atoms with E-state index in [0.717, 1.165) is 22.1 Å². The molecular weight excluding hydrogens is 342 g/mol. The molecule has 0 amide bonds. The van der Waals surface area contributed by atoms with Crippen molar-refractivity contribution >= 4 is 22.4 Å². The van der Waals surface area contributed by atoms with Crippen LogP contribution in [0.15, 0.2) is 54.6 Å². The molecule has 0 aromatic heterocycles. The first-order valence-electron chi connectivity index (χ1n) is 8.82. The Kier molecular flexibility index (Phi) is 5.50. The smallest absolute Gasteiger partial charge is 0.335 e. The van der Waals surface area contributed by atoms with Crippen LogP contribution in [-0.2, 0) is 6.54 Å². The highest BCUT2D eigenvalue weighted by Crippen LogP contribution is 2.32. The van der Waals surface area contributed by atoms with E-state index in [-0.39, 0.29) is 11.7 Å². The number of hydrogen-bond donors (Lipinski definition) is 2. The van der Waals surface area contributed by atoms with Gasteiger partial charge < -0.3 is 19.9 Å². The van der Waals surface area contributed by atoms with Crippen molar-refractivity contribution < 1.29 is 19.4 Å². The SMILES string of the molecule is COc1ccc(C(=O)O)cc1NCc1c(OC(C)C)ccc2ccccc12. The highest BCUT2D eigenvalue weighted by molar-refractivity contribution is 5.90. The van der Waals surface area contributed by atoms with E-state index in [1.165, 1.54) is 6.07 Å². The molecule has 0 aliphatic heterocycles. The van der Waals surface area contributed by atoms with Gasteiger partial charge in [0.05, 0.1) is 24.5 Å². The van der Waals surface area contributed by atoms with E-state index < -0.39 is 5.97 Å². The van der Waals surface area contributed by atoms with Crippen LogP contribution in [0, 0.1) is 0 Å². The van der Waals surface area contributed by atoms with Gasteiger partial charge in [0.2, 0.25) is 0 Å². The van der Waals surface area contributed by atoms with E-state index in [1.807, 2.05) is 38.1 Å². The standard InChI is InChI=1S/C22H23NO4/c1-14(2)27-20-10-8-15-6-4-5-7-17(15)18(20)13-23-19-12-16(22(24)25)9-11-21(19)26-3/h4-12,14,23H,13H2,1-3H3,(H,24,25). The fourth-order valence-corrected chi connectivity index (χ4v) is 3.03. The van der Waals surface area contributed by atoms with Crippen molar-refractivity contribution in [1.29, 1.82) is 0 Å². The molecule has 0 spiro atoms. The number of aromatic carboxylic acids is 1. The van der Waals surface area contributed by atoms with Crippen molar-refractivity contribution in [3.63, 3.8) is 0 Å². The van der Waals surface area contributed by atoms with E-state index in [0.29, 0.717) is 18.0 Å². The summed E-state index contributed by atoms with van der Waals surface area (Å²) in [6.07, 6.45) is 0.0507. The Bertz CT molecular complexity index is 966. The first kappa shape index (κ1) is 18.6. The van der Waals surface area contributed by atoms with Crippen LogP contribution in [0.4, 0.5) is 5.69 Å². The van der Waals surface area contributed by atoms with Gasteiger partial charge in [0.15, 0.2) is 0 Å². The average molecular weight is 365 g/mol. The number of methoxy groups -OCH3 is 1. The van der Waals surface area contributed by atoms with Gasteiger partial charge in [-0.05, 0) is 48.9 Å². The van der Waals surface area contributed by atoms with Crippen LogP contribution >= 0.6 is 0 Å². The Balaban J connectivity index is 1.99. The zero-order valence-electron chi connectivity index (χ0n) is 15.7. The fourth-order valence-electron chi connectivity index (χ4n) is 3.03. The van der Waals surface area contributed by atoms with Gasteiger partial charge in [-0.3, -0.25) is 0 Å². The van der Waals surface area contributed by atoms with Crippen molar-refractivity contribution in [3.8, 4) is 11.5 Å². The van der Waals surface area contributed by atoms with Gasteiger partial charge in [-0.25, -0.2) is 4.79 Å². The number of carboxylic acids is 1. The van der Waals surface area contributed by atoms with E-state index in [9.17, 15) is 9.90 Å². The third-order valence-corrected chi connectivity index (χ3v) is 4.26. The van der Waals surface area contributed by atoms with Crippen molar-refractivity contribution in [2.24, 2.45) is 0 Å². The number of nitrogens with one attached hydrogen (secondary N) is 1. The molecule has 27 heavy (non-hydrogen) atoms. The number of hydrogen-bond acceptors (Lipinski definition) is 4. The third kappa shape index (κ3) is 4.14. The second-order valence-electron chi connectivity index (χ2n) is 6.50. The molecule has 3 rings (SSSR count). The van der Waals surface area contributed by atoms with Gasteiger partial charge in [-0.1, -0.05) is 30.3 Å². The molecule has 0 radical (unpaired) electrons. The van der Waals surface area contributed by atoms with E-state index in [4.69, 9.17) is 9.47 Å². The lowest BCUT2D eigenvalue weighted by atomic mass is 10.0. The second kappa shape index (κ2) is 7.99. The molecule has 0 atom stereocenters. The van der Waals surface area contributed by atoms with Crippen molar-refractivity contribution in [3.05, 3.63) is 65.7 Å². The summed E-state index contributed by atoms with van der Waals surface area (Å²) in [5, 5.41) is 14.8. The summed E-state index contributed by atoms with van der Waals surface area (Å²) in [6.45, 7) is 4.46. The van der Waals surface area contributed by atoms with Crippen LogP contribution < -0.4 is 14.8 Å². The zero-order valence-corrected chi connectivity index (χ0v) is 15.7. The Morgan fingerprint density at radius 1 is 1.07 bits per heavy atom. The minimum absolute atomic E-state index is 0.0507. The maximum Gasteiger partial charge on any atom is 0.335 e. The summed E-state index contributed by atoms with van der Waals surface area (Å²) >= 11 is 0. The minimum atomic E-state index is -0.977. The summed E-state index contributed by atoms with van der Waals surface area (Å²) < 4.78 is 11.4. The number of fused-ring (bicyclic) bond motifs is 1. The Morgan fingerprint density at radius 3 is 2.52 bits per heavy atom. The summed E-state index contributed by atoms with van der Waals surface area (Å²) in [4.78, 5) is 11.3. The molecule has 0 saturated heterocycles. The lowest BCUT2D eigenvalue weighted by Gasteiger charge is -2.18. The average Bonchev–Trinajstić information content (AvgIpc) is 2.66. The quantitative estimate of drug-likeness (QED) is 0.620. The molecule has 0 aliphatic carbocycles. The van der Waals surface area contributed by atoms with Gasteiger partial charge in [-0.2, -0.15) is 0 Å². The molecule has 2 N–H and O–H groups in total. The highest BCUT2D eigenvalue weighted by Gasteiger charge is 2.13. The molecule has 0 unspecified atom stereocenters. The highest BCUT2D eigenvalue weighted by atomic mass is 16.5. The molecule has 3 aromatic carbocycles. The first-order chi connectivity index (χ1) is 13.0. The molecule has 0 aliphatic rings. The van der Waals surface area contributed by atoms with Gasteiger partial charge in [-0.15, -0.1) is 0 Å². The number of carboxylic acid groups (broad SMARTS) is 1. The molecule has 0 heterocycles. The summed E-state index contributed by atoms with van der Waals surface area (Å²) in [5.41, 5.74) is 1.85. The molecule has 0 bridgehead atoms. The van der Waals surface area contributed by atoms with Crippen LogP contribution in [0.5, 0.6) is 11.5 Å². The van der Waals surface area contributed by atoms with Crippen LogP contribution in [0.25, 0.3) is 10.8 Å². The number of ether oxygens (including phenoxy) is 2. The second-order valence-corrected chi connectivity index (χ2v) is 6.50. The number of rotatable bonds is 7. The van der Waals surface area contributed by atoms with Gasteiger partial charge >= 0.3 is 5.97 Å². The predicted molar refractivity (Wildman–Crippen MR) is 107 cm³/mol. The first-order valence-corrected chi connectivity index (χ1v) is 8.82. The van der Waals surface area contributed by atoms with Gasteiger partial charge in [0.25, 0.3) is 0 Å². The predicted octanol–water partition coefficient (Wildman–Crippen LogP) is 4.95. The molecule has 140 valence electrons. The molecule has 0 saturated carbocycles. The maximum atomic E-state index is 11.3. The van der Waals surface area contributed by atoms with Crippen LogP contribution in [-0.4, -0.2) is 24.3 Å². The van der Waals surface area contributed by atoms with E-state index in [1.54, 1.807) is 19.2 Å². The molecule has 5 heteroatoms. The summed E-state index contributed by atoms with van der Waals surface area (Å²) in [6, 6.07) is 16.9. The van der Waals surface area contributed by atoms with Gasteiger partial charge in [0, 0.05) is 12.1 Å². The normalized spacial score (nSPS) is 10.8. The molecular formula is C22H23NO4. The lowest BCUT2D eigenvalue weighted by Crippen LogP contribution is -2.10. The maximum absolute atomic E-state index is 11.3. The van der Waals surface area contributed by atoms with Crippen LogP contribution in [0.3, 0.4) is 0 Å². The van der Waals surface area contributed by atoms with Crippen LogP contribution in [0.2, 0.25) is 0 Å². The Morgan fingerprint density at radius 2 is 1.81 bits per heavy atom. The topological polar surface area (TPSA) is 67.8 Å². The fraction of sp³-hybridized carbons (Fsp3) is 0.227. The van der Waals surface area contributed by atoms with Crippen molar-refractivity contribution in [2.45, 2.75) is 26.5 Å². The molecule has 5 nitrogen and oxygen atoms in total. The zero-order chi connectivity index (χ0) is 19.4. The lowest BCUT2D eigenvalue weighted by molar-refractivity contribution is 0.0697. The largest absolute Gasteiger partial charge is 0.495 e.